The first kappa shape index (κ1) is 32.0. The third-order valence-electron chi connectivity index (χ3n) is 4.68. The van der Waals surface area contributed by atoms with Gasteiger partial charge < -0.3 is 14.8 Å². The van der Waals surface area contributed by atoms with Gasteiger partial charge in [0.25, 0.3) is 5.91 Å². The molecule has 1 aromatic carbocycles. The molecule has 0 aliphatic heterocycles. The van der Waals surface area contributed by atoms with E-state index in [1.807, 2.05) is 0 Å². The van der Waals surface area contributed by atoms with E-state index in [-0.39, 0.29) is 18.9 Å². The van der Waals surface area contributed by atoms with E-state index in [1.54, 1.807) is 32.9 Å². The maximum Gasteiger partial charge on any atom is 0.334 e. The lowest BCUT2D eigenvalue weighted by Gasteiger charge is -2.21. The van der Waals surface area contributed by atoms with Gasteiger partial charge in [0.15, 0.2) is 6.04 Å². The van der Waals surface area contributed by atoms with Crippen LogP contribution in [0.4, 0.5) is 0 Å². The molecule has 2 aromatic rings. The van der Waals surface area contributed by atoms with Crippen LogP contribution in [0.3, 0.4) is 0 Å². The van der Waals surface area contributed by atoms with E-state index < -0.39 is 34.0 Å². The lowest BCUT2D eigenvalue weighted by molar-refractivity contribution is -0.156. The quantitative estimate of drug-likeness (QED) is 0.483. The molecule has 1 atom stereocenters. The van der Waals surface area contributed by atoms with Crippen molar-refractivity contribution in [2.75, 3.05) is 13.7 Å². The molecule has 1 N–H and O–H groups in total. The molecule has 0 aliphatic rings. The Labute approximate surface area is 224 Å². The molecule has 0 saturated carbocycles. The third kappa shape index (κ3) is 13.2. The molecule has 204 valence electrons. The number of nitrogens with zero attached hydrogens (tertiary/aromatic N) is 1. The Morgan fingerprint density at radius 2 is 1.62 bits per heavy atom. The molecule has 0 radical (unpaired) electrons. The van der Waals surface area contributed by atoms with Crippen molar-refractivity contribution >= 4 is 39.7 Å². The molecule has 0 saturated heterocycles. The van der Waals surface area contributed by atoms with E-state index in [1.165, 1.54) is 24.0 Å². The number of nitrogens with one attached hydrogen (secondary N) is 1. The van der Waals surface area contributed by atoms with Crippen molar-refractivity contribution in [2.45, 2.75) is 71.4 Å². The summed E-state index contributed by atoms with van der Waals surface area (Å²) in [5, 5.41) is 2.47. The first-order valence-electron chi connectivity index (χ1n) is 11.6. The first-order chi connectivity index (χ1) is 17.1. The molecule has 0 unspecified atom stereocenters. The van der Waals surface area contributed by atoms with Crippen LogP contribution >= 0.6 is 11.3 Å². The molecular weight excluding hydrogens is 516 g/mol. The van der Waals surface area contributed by atoms with Gasteiger partial charge in [-0.1, -0.05) is 51.1 Å². The van der Waals surface area contributed by atoms with Gasteiger partial charge in [0.2, 0.25) is 0 Å². The predicted octanol–water partition coefficient (Wildman–Crippen LogP) is 4.34. The van der Waals surface area contributed by atoms with Gasteiger partial charge in [0, 0.05) is 4.88 Å². The highest BCUT2D eigenvalue weighted by molar-refractivity contribution is 7.61. The standard InChI is InChI=1S/C16H22N2O7S2.C10H14/c1-16(2,3)25-15(21)11(18-27(22)23)9-17-14(20)12-7-5-10(26-12)6-8-13(19)24-4;1-10(2,3)9-7-5-4-6-8-9/h5,7,11H,6,8-9H2,1-4H3,(H,17,20);4-8H,1-3H3/t11-;/m0./s1. The number of carbonyl (C=O) groups is 3. The van der Waals surface area contributed by atoms with Crippen molar-refractivity contribution in [3.8, 4) is 0 Å². The van der Waals surface area contributed by atoms with Crippen LogP contribution in [0, 0.1) is 0 Å². The molecule has 0 bridgehead atoms. The summed E-state index contributed by atoms with van der Waals surface area (Å²) in [6.07, 6.45) is 0.642. The first-order valence-corrected chi connectivity index (χ1v) is 13.5. The average molecular weight is 553 g/mol. The van der Waals surface area contributed by atoms with Gasteiger partial charge in [-0.2, -0.15) is 12.8 Å². The Bertz CT molecular complexity index is 1170. The number of thiophene rings is 1. The Morgan fingerprint density at radius 3 is 2.11 bits per heavy atom. The van der Waals surface area contributed by atoms with Gasteiger partial charge in [0.1, 0.15) is 5.60 Å². The normalized spacial score (nSPS) is 11.9. The number of ether oxygens (including phenoxy) is 2. The molecule has 0 aliphatic carbocycles. The van der Waals surface area contributed by atoms with Crippen molar-refractivity contribution in [3.05, 3.63) is 57.8 Å². The molecule has 1 aromatic heterocycles. The smallest absolute Gasteiger partial charge is 0.334 e. The molecule has 2 rings (SSSR count). The second-order valence-electron chi connectivity index (χ2n) is 10.0. The average Bonchev–Trinajstić information content (AvgIpc) is 3.28. The number of esters is 2. The minimum absolute atomic E-state index is 0.201. The number of rotatable bonds is 8. The fraction of sp³-hybridized carbons (Fsp3) is 0.500. The van der Waals surface area contributed by atoms with Crippen LogP contribution < -0.4 is 5.32 Å². The van der Waals surface area contributed by atoms with Gasteiger partial charge in [-0.3, -0.25) is 9.59 Å². The summed E-state index contributed by atoms with van der Waals surface area (Å²) in [4.78, 5) is 36.6. The van der Waals surface area contributed by atoms with Gasteiger partial charge >= 0.3 is 22.4 Å². The maximum absolute atomic E-state index is 12.2. The summed E-state index contributed by atoms with van der Waals surface area (Å²) < 4.78 is 34.6. The molecule has 1 amide bonds. The Kier molecular flexibility index (Phi) is 12.6. The highest BCUT2D eigenvalue weighted by Crippen LogP contribution is 2.21. The van der Waals surface area contributed by atoms with E-state index in [4.69, 9.17) is 4.74 Å². The van der Waals surface area contributed by atoms with Crippen molar-refractivity contribution in [2.24, 2.45) is 4.36 Å². The maximum atomic E-state index is 12.2. The van der Waals surface area contributed by atoms with E-state index in [0.29, 0.717) is 16.7 Å². The Morgan fingerprint density at radius 1 is 1.00 bits per heavy atom. The van der Waals surface area contributed by atoms with Crippen LogP contribution in [-0.2, 0) is 41.4 Å². The Hall–Kier alpha value is -3.05. The number of hydrogen-bond acceptors (Lipinski definition) is 9. The fourth-order valence-electron chi connectivity index (χ4n) is 2.81. The zero-order valence-electron chi connectivity index (χ0n) is 22.4. The lowest BCUT2D eigenvalue weighted by Crippen LogP contribution is -2.39. The van der Waals surface area contributed by atoms with Gasteiger partial charge in [-0.15, -0.1) is 11.3 Å². The second kappa shape index (κ2) is 14.6. The summed E-state index contributed by atoms with van der Waals surface area (Å²) in [6.45, 7) is 11.3. The largest absolute Gasteiger partial charge is 0.469 e. The number of carbonyl (C=O) groups excluding carboxylic acids is 3. The highest BCUT2D eigenvalue weighted by atomic mass is 32.2. The number of methoxy groups -OCH3 is 1. The predicted molar refractivity (Wildman–Crippen MR) is 143 cm³/mol. The van der Waals surface area contributed by atoms with E-state index >= 15 is 0 Å². The zero-order chi connectivity index (χ0) is 28.2. The van der Waals surface area contributed by atoms with Crippen LogP contribution in [0.1, 0.15) is 68.1 Å². The van der Waals surface area contributed by atoms with Crippen molar-refractivity contribution < 1.29 is 32.3 Å². The number of aryl methyl sites for hydroxylation is 1. The summed E-state index contributed by atoms with van der Waals surface area (Å²) in [6, 6.07) is 12.5. The van der Waals surface area contributed by atoms with Crippen molar-refractivity contribution in [1.82, 2.24) is 5.32 Å². The van der Waals surface area contributed by atoms with Crippen LogP contribution in [0.2, 0.25) is 0 Å². The lowest BCUT2D eigenvalue weighted by atomic mass is 9.87. The molecular formula is C26H36N2O7S2. The molecule has 0 fully saturated rings. The summed E-state index contributed by atoms with van der Waals surface area (Å²) >= 11 is 1.19. The van der Waals surface area contributed by atoms with Crippen LogP contribution in [-0.4, -0.2) is 51.6 Å². The monoisotopic (exact) mass is 552 g/mol. The molecule has 11 heteroatoms. The van der Waals surface area contributed by atoms with Gasteiger partial charge in [-0.25, -0.2) is 4.79 Å². The van der Waals surface area contributed by atoms with Crippen molar-refractivity contribution in [3.63, 3.8) is 0 Å². The summed E-state index contributed by atoms with van der Waals surface area (Å²) in [7, 11) is -1.52. The fourth-order valence-corrected chi connectivity index (χ4v) is 4.11. The summed E-state index contributed by atoms with van der Waals surface area (Å²) in [5.74, 6) is -1.68. The minimum Gasteiger partial charge on any atom is -0.469 e. The molecule has 37 heavy (non-hydrogen) atoms. The van der Waals surface area contributed by atoms with Gasteiger partial charge in [-0.05, 0) is 50.3 Å². The number of hydrogen-bond donors (Lipinski definition) is 1. The number of benzene rings is 1. The van der Waals surface area contributed by atoms with Crippen LogP contribution in [0.25, 0.3) is 0 Å². The molecule has 0 spiro atoms. The highest BCUT2D eigenvalue weighted by Gasteiger charge is 2.26. The topological polar surface area (TPSA) is 128 Å². The van der Waals surface area contributed by atoms with Crippen LogP contribution in [0.15, 0.2) is 46.8 Å². The SMILES string of the molecule is CC(C)(C)c1ccccc1.COC(=O)CCc1ccc(C(=O)NC[C@H](N=S(=O)=O)C(=O)OC(C)(C)C)s1. The Balaban J connectivity index is 0.000000568. The third-order valence-corrected chi connectivity index (χ3v) is 6.25. The van der Waals surface area contributed by atoms with E-state index in [2.05, 4.69) is 65.5 Å². The zero-order valence-corrected chi connectivity index (χ0v) is 24.0. The van der Waals surface area contributed by atoms with Crippen molar-refractivity contribution in [1.29, 1.82) is 0 Å². The molecule has 9 nitrogen and oxygen atoms in total. The second-order valence-corrected chi connectivity index (χ2v) is 11.9. The van der Waals surface area contributed by atoms with E-state index in [9.17, 15) is 22.8 Å². The van der Waals surface area contributed by atoms with Crippen LogP contribution in [0.5, 0.6) is 0 Å². The van der Waals surface area contributed by atoms with Gasteiger partial charge in [0.05, 0.1) is 25.0 Å². The molecule has 1 heterocycles. The summed E-state index contributed by atoms with van der Waals surface area (Å²) in [5.41, 5.74) is 0.873. The minimum atomic E-state index is -2.83. The number of amides is 1. The van der Waals surface area contributed by atoms with E-state index in [0.717, 1.165) is 4.88 Å².